The van der Waals surface area contributed by atoms with E-state index in [-0.39, 0.29) is 0 Å². The second-order valence-electron chi connectivity index (χ2n) is 5.93. The van der Waals surface area contributed by atoms with Crippen molar-refractivity contribution >= 4 is 0 Å². The largest absolute Gasteiger partial charge is 0.494 e. The van der Waals surface area contributed by atoms with Crippen LogP contribution in [0, 0.1) is 0 Å². The summed E-state index contributed by atoms with van der Waals surface area (Å²) in [6.45, 7) is 6.00. The van der Waals surface area contributed by atoms with Gasteiger partial charge in [0, 0.05) is 19.6 Å². The van der Waals surface area contributed by atoms with Crippen LogP contribution in [0.3, 0.4) is 0 Å². The normalized spacial score (nSPS) is 23.8. The molecule has 2 rings (SSSR count). The summed E-state index contributed by atoms with van der Waals surface area (Å²) in [6.07, 6.45) is 2.96. The summed E-state index contributed by atoms with van der Waals surface area (Å²) in [5, 5.41) is 10.1. The number of piperidine rings is 1. The standard InChI is InChI=1S/C16H26N2O2/c1-16(19)7-3-8-18(13-16)9-4-10-20-15-6-2-5-14(11-15)12-17/h2,5-6,11,19H,3-4,7-10,12-13,17H2,1H3. The molecule has 1 fully saturated rings. The zero-order chi connectivity index (χ0) is 14.4. The zero-order valence-electron chi connectivity index (χ0n) is 12.3. The summed E-state index contributed by atoms with van der Waals surface area (Å²) in [5.41, 5.74) is 6.18. The minimum absolute atomic E-state index is 0.519. The number of hydrogen-bond acceptors (Lipinski definition) is 4. The SMILES string of the molecule is CC1(O)CCCN(CCCOc2cccc(CN)c2)C1. The van der Waals surface area contributed by atoms with E-state index in [4.69, 9.17) is 10.5 Å². The van der Waals surface area contributed by atoms with Crippen LogP contribution in [0.4, 0.5) is 0 Å². The smallest absolute Gasteiger partial charge is 0.119 e. The van der Waals surface area contributed by atoms with Gasteiger partial charge in [0.05, 0.1) is 12.2 Å². The molecule has 0 radical (unpaired) electrons. The number of benzene rings is 1. The quantitative estimate of drug-likeness (QED) is 0.779. The molecule has 1 aliphatic heterocycles. The molecule has 0 saturated carbocycles. The van der Waals surface area contributed by atoms with Crippen LogP contribution < -0.4 is 10.5 Å². The average molecular weight is 278 g/mol. The van der Waals surface area contributed by atoms with Crippen LogP contribution in [0.25, 0.3) is 0 Å². The first-order valence-corrected chi connectivity index (χ1v) is 7.46. The van der Waals surface area contributed by atoms with Gasteiger partial charge in [-0.1, -0.05) is 12.1 Å². The maximum Gasteiger partial charge on any atom is 0.119 e. The Morgan fingerprint density at radius 1 is 1.45 bits per heavy atom. The lowest BCUT2D eigenvalue weighted by Crippen LogP contribution is -2.46. The van der Waals surface area contributed by atoms with Gasteiger partial charge < -0.3 is 20.5 Å². The summed E-state index contributed by atoms with van der Waals surface area (Å²) < 4.78 is 5.75. The van der Waals surface area contributed by atoms with Crippen molar-refractivity contribution in [2.24, 2.45) is 5.73 Å². The molecular weight excluding hydrogens is 252 g/mol. The fourth-order valence-corrected chi connectivity index (χ4v) is 2.75. The summed E-state index contributed by atoms with van der Waals surface area (Å²) >= 11 is 0. The highest BCUT2D eigenvalue weighted by atomic mass is 16.5. The first-order chi connectivity index (χ1) is 9.59. The van der Waals surface area contributed by atoms with E-state index in [1.54, 1.807) is 0 Å². The predicted molar refractivity (Wildman–Crippen MR) is 80.7 cm³/mol. The Bertz CT molecular complexity index is 421. The summed E-state index contributed by atoms with van der Waals surface area (Å²) in [4.78, 5) is 2.32. The molecule has 1 heterocycles. The second kappa shape index (κ2) is 7.07. The maximum atomic E-state index is 10.1. The van der Waals surface area contributed by atoms with E-state index in [1.807, 2.05) is 31.2 Å². The van der Waals surface area contributed by atoms with Gasteiger partial charge in [-0.25, -0.2) is 0 Å². The molecule has 0 bridgehead atoms. The van der Waals surface area contributed by atoms with Crippen molar-refractivity contribution < 1.29 is 9.84 Å². The molecule has 1 unspecified atom stereocenters. The molecule has 1 aromatic rings. The molecule has 3 N–H and O–H groups in total. The molecule has 1 aromatic carbocycles. The molecule has 0 aliphatic carbocycles. The maximum absolute atomic E-state index is 10.1. The highest BCUT2D eigenvalue weighted by Crippen LogP contribution is 2.20. The van der Waals surface area contributed by atoms with Crippen LogP contribution in [0.2, 0.25) is 0 Å². The summed E-state index contributed by atoms with van der Waals surface area (Å²) in [6, 6.07) is 7.93. The lowest BCUT2D eigenvalue weighted by atomic mass is 9.95. The number of ether oxygens (including phenoxy) is 1. The fourth-order valence-electron chi connectivity index (χ4n) is 2.75. The van der Waals surface area contributed by atoms with Gasteiger partial charge in [0.1, 0.15) is 5.75 Å². The molecule has 20 heavy (non-hydrogen) atoms. The second-order valence-corrected chi connectivity index (χ2v) is 5.93. The fraction of sp³-hybridized carbons (Fsp3) is 0.625. The molecule has 4 nitrogen and oxygen atoms in total. The van der Waals surface area contributed by atoms with E-state index >= 15 is 0 Å². The lowest BCUT2D eigenvalue weighted by Gasteiger charge is -2.36. The van der Waals surface area contributed by atoms with Gasteiger partial charge in [0.2, 0.25) is 0 Å². The van der Waals surface area contributed by atoms with Gasteiger partial charge in [-0.2, -0.15) is 0 Å². The van der Waals surface area contributed by atoms with Gasteiger partial charge in [0.15, 0.2) is 0 Å². The monoisotopic (exact) mass is 278 g/mol. The van der Waals surface area contributed by atoms with Crippen LogP contribution >= 0.6 is 0 Å². The zero-order valence-corrected chi connectivity index (χ0v) is 12.3. The van der Waals surface area contributed by atoms with Crippen molar-refractivity contribution in [3.63, 3.8) is 0 Å². The number of rotatable bonds is 6. The average Bonchev–Trinajstić information content (AvgIpc) is 2.43. The van der Waals surface area contributed by atoms with Gasteiger partial charge >= 0.3 is 0 Å². The van der Waals surface area contributed by atoms with Crippen molar-refractivity contribution in [1.29, 1.82) is 0 Å². The van der Waals surface area contributed by atoms with E-state index in [2.05, 4.69) is 4.90 Å². The van der Waals surface area contributed by atoms with Crippen molar-refractivity contribution in [3.8, 4) is 5.75 Å². The Kier molecular flexibility index (Phi) is 5.40. The van der Waals surface area contributed by atoms with Crippen LogP contribution in [0.5, 0.6) is 5.75 Å². The van der Waals surface area contributed by atoms with Gasteiger partial charge in [-0.05, 0) is 50.4 Å². The van der Waals surface area contributed by atoms with Crippen molar-refractivity contribution in [2.75, 3.05) is 26.2 Å². The van der Waals surface area contributed by atoms with E-state index in [9.17, 15) is 5.11 Å². The molecule has 1 saturated heterocycles. The molecule has 4 heteroatoms. The highest BCUT2D eigenvalue weighted by molar-refractivity contribution is 5.28. The highest BCUT2D eigenvalue weighted by Gasteiger charge is 2.27. The van der Waals surface area contributed by atoms with Crippen LogP contribution in [-0.2, 0) is 6.54 Å². The van der Waals surface area contributed by atoms with Crippen LogP contribution in [-0.4, -0.2) is 41.8 Å². The number of β-amino-alcohol motifs (C(OH)–C–C–N with tert-alkyl or cyclic N) is 1. The third kappa shape index (κ3) is 4.78. The van der Waals surface area contributed by atoms with Gasteiger partial charge in [-0.15, -0.1) is 0 Å². The van der Waals surface area contributed by atoms with Crippen LogP contribution in [0.1, 0.15) is 31.7 Å². The minimum Gasteiger partial charge on any atom is -0.494 e. The minimum atomic E-state index is -0.519. The third-order valence-electron chi connectivity index (χ3n) is 3.78. The van der Waals surface area contributed by atoms with Crippen LogP contribution in [0.15, 0.2) is 24.3 Å². The Morgan fingerprint density at radius 2 is 2.30 bits per heavy atom. The summed E-state index contributed by atoms with van der Waals surface area (Å²) in [7, 11) is 0. The van der Waals surface area contributed by atoms with E-state index < -0.39 is 5.60 Å². The molecule has 112 valence electrons. The van der Waals surface area contributed by atoms with E-state index in [0.717, 1.165) is 50.2 Å². The molecule has 0 spiro atoms. The molecule has 0 aromatic heterocycles. The Morgan fingerprint density at radius 3 is 3.05 bits per heavy atom. The van der Waals surface area contributed by atoms with Gasteiger partial charge in [-0.3, -0.25) is 0 Å². The number of hydrogen-bond donors (Lipinski definition) is 2. The van der Waals surface area contributed by atoms with Crippen molar-refractivity contribution in [3.05, 3.63) is 29.8 Å². The lowest BCUT2D eigenvalue weighted by molar-refractivity contribution is -0.0165. The Hall–Kier alpha value is -1.10. The Balaban J connectivity index is 1.68. The summed E-state index contributed by atoms with van der Waals surface area (Å²) in [5.74, 6) is 0.888. The first-order valence-electron chi connectivity index (χ1n) is 7.46. The Labute approximate surface area is 121 Å². The predicted octanol–water partition coefficient (Wildman–Crippen LogP) is 1.76. The topological polar surface area (TPSA) is 58.7 Å². The number of nitrogens with zero attached hydrogens (tertiary/aromatic N) is 1. The molecule has 1 aliphatic rings. The first kappa shape index (κ1) is 15.3. The van der Waals surface area contributed by atoms with Crippen molar-refractivity contribution in [2.45, 2.75) is 38.3 Å². The third-order valence-corrected chi connectivity index (χ3v) is 3.78. The number of nitrogens with two attached hydrogens (primary N) is 1. The molecule has 0 amide bonds. The van der Waals surface area contributed by atoms with E-state index in [1.165, 1.54) is 0 Å². The number of aliphatic hydroxyl groups is 1. The van der Waals surface area contributed by atoms with E-state index in [0.29, 0.717) is 13.2 Å². The number of likely N-dealkylation sites (tertiary alicyclic amines) is 1. The van der Waals surface area contributed by atoms with Crippen molar-refractivity contribution in [1.82, 2.24) is 4.90 Å². The van der Waals surface area contributed by atoms with Gasteiger partial charge in [0.25, 0.3) is 0 Å². The molecule has 1 atom stereocenters. The molecular formula is C16H26N2O2.